The molecule has 0 aromatic heterocycles. The van der Waals surface area contributed by atoms with Crippen molar-refractivity contribution in [1.29, 1.82) is 0 Å². The van der Waals surface area contributed by atoms with Gasteiger partial charge in [-0.1, -0.05) is 38.1 Å². The first kappa shape index (κ1) is 12.4. The fraction of sp³-hybridized carbons (Fsp3) is 0.385. The molecule has 16 heavy (non-hydrogen) atoms. The largest absolute Gasteiger partial charge is 0.269 e. The van der Waals surface area contributed by atoms with Crippen LogP contribution in [0.15, 0.2) is 36.4 Å². The third kappa shape index (κ3) is 3.85. The predicted octanol–water partition coefficient (Wildman–Crippen LogP) is 3.74. The maximum Gasteiger partial charge on any atom is 0.269 e. The number of nitrogens with zero attached hydrogens (tertiary/aromatic N) is 1. The molecule has 0 aliphatic heterocycles. The fourth-order valence-electron chi connectivity index (χ4n) is 1.56. The van der Waals surface area contributed by atoms with Crippen LogP contribution in [-0.2, 0) is 6.42 Å². The molecule has 0 amide bonds. The summed E-state index contributed by atoms with van der Waals surface area (Å²) >= 11 is 0. The number of rotatable bonds is 5. The molecule has 0 aliphatic rings. The molecule has 1 aromatic rings. The summed E-state index contributed by atoms with van der Waals surface area (Å²) in [4.78, 5) is 10.1. The predicted molar refractivity (Wildman–Crippen MR) is 65.4 cm³/mol. The monoisotopic (exact) mass is 219 g/mol. The van der Waals surface area contributed by atoms with Crippen LogP contribution in [-0.4, -0.2) is 4.92 Å². The van der Waals surface area contributed by atoms with Crippen LogP contribution in [0.5, 0.6) is 0 Å². The Kier molecular flexibility index (Phi) is 4.70. The summed E-state index contributed by atoms with van der Waals surface area (Å²) in [6.45, 7) is 4.25. The van der Waals surface area contributed by atoms with Crippen molar-refractivity contribution in [3.05, 3.63) is 52.1 Å². The van der Waals surface area contributed by atoms with Gasteiger partial charge in [-0.05, 0) is 24.3 Å². The van der Waals surface area contributed by atoms with Gasteiger partial charge in [0.05, 0.1) is 4.92 Å². The average molecular weight is 219 g/mol. The number of hydrogen-bond donors (Lipinski definition) is 0. The van der Waals surface area contributed by atoms with E-state index in [9.17, 15) is 10.1 Å². The van der Waals surface area contributed by atoms with Crippen molar-refractivity contribution >= 4 is 5.69 Å². The molecule has 0 saturated heterocycles. The van der Waals surface area contributed by atoms with E-state index in [4.69, 9.17) is 0 Å². The Morgan fingerprint density at radius 2 is 2.00 bits per heavy atom. The SMILES string of the molecule is CC/C=C\C(C)Cc1ccc([N+](=O)[O-])cc1. The van der Waals surface area contributed by atoms with E-state index in [2.05, 4.69) is 26.0 Å². The lowest BCUT2D eigenvalue weighted by molar-refractivity contribution is -0.384. The summed E-state index contributed by atoms with van der Waals surface area (Å²) in [6.07, 6.45) is 6.30. The lowest BCUT2D eigenvalue weighted by Gasteiger charge is -2.05. The number of nitro benzene ring substituents is 1. The normalized spacial score (nSPS) is 12.9. The van der Waals surface area contributed by atoms with Gasteiger partial charge in [0, 0.05) is 12.1 Å². The van der Waals surface area contributed by atoms with Crippen LogP contribution in [0.3, 0.4) is 0 Å². The molecule has 0 N–H and O–H groups in total. The zero-order valence-electron chi connectivity index (χ0n) is 9.72. The minimum Gasteiger partial charge on any atom is -0.258 e. The van der Waals surface area contributed by atoms with Crippen LogP contribution < -0.4 is 0 Å². The van der Waals surface area contributed by atoms with E-state index in [0.717, 1.165) is 18.4 Å². The molecule has 3 nitrogen and oxygen atoms in total. The molecule has 1 unspecified atom stereocenters. The van der Waals surface area contributed by atoms with Crippen molar-refractivity contribution < 1.29 is 4.92 Å². The van der Waals surface area contributed by atoms with Gasteiger partial charge in [0.25, 0.3) is 5.69 Å². The molecule has 0 spiro atoms. The molecule has 86 valence electrons. The Balaban J connectivity index is 2.61. The molecule has 0 radical (unpaired) electrons. The summed E-state index contributed by atoms with van der Waals surface area (Å²) in [5.74, 6) is 0.474. The van der Waals surface area contributed by atoms with Gasteiger partial charge in [0.2, 0.25) is 0 Å². The van der Waals surface area contributed by atoms with Gasteiger partial charge in [-0.2, -0.15) is 0 Å². The van der Waals surface area contributed by atoms with Gasteiger partial charge in [0.1, 0.15) is 0 Å². The molecule has 0 heterocycles. The smallest absolute Gasteiger partial charge is 0.258 e. The first-order chi connectivity index (χ1) is 7.63. The fourth-order valence-corrected chi connectivity index (χ4v) is 1.56. The first-order valence-corrected chi connectivity index (χ1v) is 5.53. The lowest BCUT2D eigenvalue weighted by atomic mass is 10.0. The molecule has 1 aromatic carbocycles. The molecule has 1 rings (SSSR count). The van der Waals surface area contributed by atoms with Crippen LogP contribution in [0, 0.1) is 16.0 Å². The Morgan fingerprint density at radius 1 is 1.38 bits per heavy atom. The number of non-ortho nitro benzene ring substituents is 1. The average Bonchev–Trinajstić information content (AvgIpc) is 2.27. The molecular formula is C13H17NO2. The van der Waals surface area contributed by atoms with Gasteiger partial charge < -0.3 is 0 Å². The van der Waals surface area contributed by atoms with Gasteiger partial charge in [0.15, 0.2) is 0 Å². The molecule has 0 aliphatic carbocycles. The van der Waals surface area contributed by atoms with Crippen molar-refractivity contribution in [2.45, 2.75) is 26.7 Å². The third-order valence-electron chi connectivity index (χ3n) is 2.41. The molecule has 0 saturated carbocycles. The highest BCUT2D eigenvalue weighted by Crippen LogP contribution is 2.15. The van der Waals surface area contributed by atoms with Crippen LogP contribution in [0.4, 0.5) is 5.69 Å². The molecule has 0 bridgehead atoms. The Labute approximate surface area is 95.9 Å². The van der Waals surface area contributed by atoms with E-state index in [0.29, 0.717) is 5.92 Å². The minimum absolute atomic E-state index is 0.153. The second-order valence-corrected chi connectivity index (χ2v) is 3.94. The second-order valence-electron chi connectivity index (χ2n) is 3.94. The van der Waals surface area contributed by atoms with Gasteiger partial charge in [-0.15, -0.1) is 0 Å². The molecule has 1 atom stereocenters. The first-order valence-electron chi connectivity index (χ1n) is 5.53. The van der Waals surface area contributed by atoms with Crippen molar-refractivity contribution in [3.8, 4) is 0 Å². The van der Waals surface area contributed by atoms with Crippen LogP contribution in [0.2, 0.25) is 0 Å². The molecular weight excluding hydrogens is 202 g/mol. The van der Waals surface area contributed by atoms with E-state index in [-0.39, 0.29) is 10.6 Å². The summed E-state index contributed by atoms with van der Waals surface area (Å²) in [7, 11) is 0. The highest BCUT2D eigenvalue weighted by molar-refractivity contribution is 5.33. The van der Waals surface area contributed by atoms with Crippen molar-refractivity contribution in [3.63, 3.8) is 0 Å². The van der Waals surface area contributed by atoms with Crippen molar-refractivity contribution in [2.75, 3.05) is 0 Å². The lowest BCUT2D eigenvalue weighted by Crippen LogP contribution is -1.96. The van der Waals surface area contributed by atoms with E-state index in [1.54, 1.807) is 12.1 Å². The number of hydrogen-bond acceptors (Lipinski definition) is 2. The van der Waals surface area contributed by atoms with Crippen molar-refractivity contribution in [1.82, 2.24) is 0 Å². The third-order valence-corrected chi connectivity index (χ3v) is 2.41. The minimum atomic E-state index is -0.371. The maximum absolute atomic E-state index is 10.5. The quantitative estimate of drug-likeness (QED) is 0.430. The number of allylic oxidation sites excluding steroid dienone is 2. The maximum atomic E-state index is 10.5. The van der Waals surface area contributed by atoms with Crippen LogP contribution in [0.1, 0.15) is 25.8 Å². The van der Waals surface area contributed by atoms with E-state index < -0.39 is 0 Å². The van der Waals surface area contributed by atoms with Gasteiger partial charge in [-0.25, -0.2) is 0 Å². The Hall–Kier alpha value is -1.64. The zero-order chi connectivity index (χ0) is 12.0. The summed E-state index contributed by atoms with van der Waals surface area (Å²) < 4.78 is 0. The Bertz CT molecular complexity index is 368. The summed E-state index contributed by atoms with van der Waals surface area (Å²) in [6, 6.07) is 6.78. The zero-order valence-corrected chi connectivity index (χ0v) is 9.72. The second kappa shape index (κ2) is 6.05. The standard InChI is InChI=1S/C13H17NO2/c1-3-4-5-11(2)10-12-6-8-13(9-7-12)14(15)16/h4-9,11H,3,10H2,1-2H3/b5-4-. The van der Waals surface area contributed by atoms with Crippen molar-refractivity contribution in [2.24, 2.45) is 5.92 Å². The number of benzene rings is 1. The molecule has 0 fully saturated rings. The Morgan fingerprint density at radius 3 is 2.50 bits per heavy atom. The molecule has 3 heteroatoms. The summed E-state index contributed by atoms with van der Waals surface area (Å²) in [5.41, 5.74) is 1.29. The van der Waals surface area contributed by atoms with Gasteiger partial charge in [-0.3, -0.25) is 10.1 Å². The van der Waals surface area contributed by atoms with Crippen LogP contribution >= 0.6 is 0 Å². The van der Waals surface area contributed by atoms with E-state index in [1.807, 2.05) is 12.1 Å². The number of nitro groups is 1. The van der Waals surface area contributed by atoms with E-state index in [1.165, 1.54) is 0 Å². The highest BCUT2D eigenvalue weighted by Gasteiger charge is 2.05. The van der Waals surface area contributed by atoms with Gasteiger partial charge >= 0.3 is 0 Å². The van der Waals surface area contributed by atoms with E-state index >= 15 is 0 Å². The summed E-state index contributed by atoms with van der Waals surface area (Å²) in [5, 5.41) is 10.5. The van der Waals surface area contributed by atoms with Crippen LogP contribution in [0.25, 0.3) is 0 Å². The topological polar surface area (TPSA) is 43.1 Å². The highest BCUT2D eigenvalue weighted by atomic mass is 16.6.